The minimum absolute atomic E-state index is 0.203. The fourth-order valence-corrected chi connectivity index (χ4v) is 3.59. The monoisotopic (exact) mass is 405 g/mol. The van der Waals surface area contributed by atoms with Crippen LogP contribution in [-0.2, 0) is 4.74 Å². The number of fused-ring (bicyclic) bond motifs is 3. The van der Waals surface area contributed by atoms with Gasteiger partial charge in [0, 0.05) is 36.9 Å². The number of carbonyl (C=O) groups excluding carboxylic acids is 1. The molecule has 0 aliphatic carbocycles. The van der Waals surface area contributed by atoms with Gasteiger partial charge in [0.05, 0.1) is 23.7 Å². The molecule has 0 atom stereocenters. The van der Waals surface area contributed by atoms with E-state index in [-0.39, 0.29) is 17.7 Å². The predicted octanol–water partition coefficient (Wildman–Crippen LogP) is 3.06. The second-order valence-corrected chi connectivity index (χ2v) is 6.75. The largest absolute Gasteiger partial charge is 0.462 e. The van der Waals surface area contributed by atoms with E-state index in [9.17, 15) is 9.59 Å². The number of rotatable bonds is 6. The van der Waals surface area contributed by atoms with Gasteiger partial charge in [-0.15, -0.1) is 0 Å². The van der Waals surface area contributed by atoms with Crippen LogP contribution in [0.5, 0.6) is 0 Å². The number of esters is 1. The molecule has 0 bridgehead atoms. The number of carbonyl (C=O) groups is 1. The molecule has 0 unspecified atom stereocenters. The van der Waals surface area contributed by atoms with Crippen LogP contribution in [-0.4, -0.2) is 44.8 Å². The van der Waals surface area contributed by atoms with Gasteiger partial charge in [-0.3, -0.25) is 9.36 Å². The van der Waals surface area contributed by atoms with Crippen LogP contribution in [0.4, 0.5) is 5.69 Å². The fraction of sp³-hybridized carbons (Fsp3) is 0.273. The van der Waals surface area contributed by atoms with Crippen LogP contribution in [0.2, 0.25) is 0 Å². The molecular weight excluding hydrogens is 382 g/mol. The lowest BCUT2D eigenvalue weighted by atomic mass is 10.2. The lowest BCUT2D eigenvalue weighted by molar-refractivity contribution is 0.0528. The Morgan fingerprint density at radius 1 is 1.07 bits per heavy atom. The van der Waals surface area contributed by atoms with E-state index in [0.717, 1.165) is 24.5 Å². The van der Waals surface area contributed by atoms with Gasteiger partial charge in [0.25, 0.3) is 5.56 Å². The number of ether oxygens (including phenoxy) is 1. The first-order valence-electron chi connectivity index (χ1n) is 9.99. The summed E-state index contributed by atoms with van der Waals surface area (Å²) in [6.07, 6.45) is 4.61. The maximum absolute atomic E-state index is 13.1. The van der Waals surface area contributed by atoms with Crippen LogP contribution in [0.1, 0.15) is 31.1 Å². The third-order valence-corrected chi connectivity index (χ3v) is 5.15. The number of hydrogen-bond acceptors (Lipinski definition) is 6. The Morgan fingerprint density at radius 3 is 2.47 bits per heavy atom. The molecule has 30 heavy (non-hydrogen) atoms. The normalized spacial score (nSPS) is 11.2. The summed E-state index contributed by atoms with van der Waals surface area (Å²) in [6, 6.07) is 9.68. The Kier molecular flexibility index (Phi) is 5.22. The number of hydrogen-bond donors (Lipinski definition) is 0. The minimum Gasteiger partial charge on any atom is -0.462 e. The molecule has 3 heterocycles. The fourth-order valence-electron chi connectivity index (χ4n) is 3.59. The van der Waals surface area contributed by atoms with Gasteiger partial charge in [-0.1, -0.05) is 0 Å². The molecule has 3 aromatic heterocycles. The number of anilines is 1. The van der Waals surface area contributed by atoms with Crippen molar-refractivity contribution in [2.45, 2.75) is 20.8 Å². The maximum Gasteiger partial charge on any atom is 0.343 e. The van der Waals surface area contributed by atoms with Crippen LogP contribution < -0.4 is 10.5 Å². The summed E-state index contributed by atoms with van der Waals surface area (Å²) in [6.45, 7) is 8.07. The van der Waals surface area contributed by atoms with Gasteiger partial charge in [-0.05, 0) is 51.1 Å². The SMILES string of the molecule is CCOC(=O)c1cnn2c1ncc1c(=O)n(-c3ccc(N(CC)CC)cc3)ccc12. The summed E-state index contributed by atoms with van der Waals surface area (Å²) >= 11 is 0. The highest BCUT2D eigenvalue weighted by Gasteiger charge is 2.17. The van der Waals surface area contributed by atoms with Crippen molar-refractivity contribution < 1.29 is 9.53 Å². The molecule has 0 radical (unpaired) electrons. The van der Waals surface area contributed by atoms with Crippen molar-refractivity contribution in [2.24, 2.45) is 0 Å². The Hall–Kier alpha value is -3.68. The van der Waals surface area contributed by atoms with Crippen LogP contribution in [0.15, 0.2) is 53.7 Å². The molecule has 0 aliphatic heterocycles. The minimum atomic E-state index is -0.485. The van der Waals surface area contributed by atoms with E-state index in [1.807, 2.05) is 24.3 Å². The first-order valence-corrected chi connectivity index (χ1v) is 9.99. The van der Waals surface area contributed by atoms with E-state index in [4.69, 9.17) is 4.74 Å². The topological polar surface area (TPSA) is 81.7 Å². The van der Waals surface area contributed by atoms with Crippen molar-refractivity contribution in [3.05, 3.63) is 64.8 Å². The highest BCUT2D eigenvalue weighted by Crippen LogP contribution is 2.19. The zero-order valence-corrected chi connectivity index (χ0v) is 17.2. The molecule has 154 valence electrons. The average molecular weight is 405 g/mol. The van der Waals surface area contributed by atoms with Gasteiger partial charge >= 0.3 is 5.97 Å². The molecule has 0 saturated heterocycles. The van der Waals surface area contributed by atoms with Gasteiger partial charge in [-0.2, -0.15) is 5.10 Å². The van der Waals surface area contributed by atoms with Crippen LogP contribution >= 0.6 is 0 Å². The Balaban J connectivity index is 1.79. The van der Waals surface area contributed by atoms with Crippen molar-refractivity contribution in [2.75, 3.05) is 24.6 Å². The first kappa shape index (κ1) is 19.6. The third-order valence-electron chi connectivity index (χ3n) is 5.15. The summed E-state index contributed by atoms with van der Waals surface area (Å²) in [5.74, 6) is -0.485. The van der Waals surface area contributed by atoms with E-state index in [1.54, 1.807) is 23.8 Å². The Morgan fingerprint density at radius 2 is 1.80 bits per heavy atom. The molecule has 8 nitrogen and oxygen atoms in total. The molecule has 0 spiro atoms. The van der Waals surface area contributed by atoms with Crippen molar-refractivity contribution >= 4 is 28.2 Å². The Labute approximate surface area is 173 Å². The maximum atomic E-state index is 13.1. The standard InChI is InChI=1S/C22H23N5O3/c1-4-25(5-2)15-7-9-16(10-8-15)26-12-11-19-17(21(26)28)13-23-20-18(14-24-27(19)20)22(29)30-6-3/h7-14H,4-6H2,1-3H3. The molecule has 4 aromatic rings. The molecule has 0 amide bonds. The summed E-state index contributed by atoms with van der Waals surface area (Å²) in [5, 5.41) is 4.66. The first-order chi connectivity index (χ1) is 14.6. The van der Waals surface area contributed by atoms with Gasteiger partial charge in [-0.25, -0.2) is 14.3 Å². The molecular formula is C22H23N5O3. The van der Waals surface area contributed by atoms with Crippen molar-refractivity contribution in [1.29, 1.82) is 0 Å². The van der Waals surface area contributed by atoms with E-state index in [1.165, 1.54) is 16.9 Å². The van der Waals surface area contributed by atoms with E-state index in [0.29, 0.717) is 16.6 Å². The smallest absolute Gasteiger partial charge is 0.343 e. The summed E-state index contributed by atoms with van der Waals surface area (Å²) < 4.78 is 8.13. The lowest BCUT2D eigenvalue weighted by Gasteiger charge is -2.21. The number of nitrogens with zero attached hydrogens (tertiary/aromatic N) is 5. The van der Waals surface area contributed by atoms with Gasteiger partial charge in [0.15, 0.2) is 5.65 Å². The van der Waals surface area contributed by atoms with Crippen molar-refractivity contribution in [3.63, 3.8) is 0 Å². The highest BCUT2D eigenvalue weighted by atomic mass is 16.5. The van der Waals surface area contributed by atoms with Gasteiger partial charge in [0.2, 0.25) is 0 Å². The number of benzene rings is 1. The lowest BCUT2D eigenvalue weighted by Crippen LogP contribution is -2.22. The van der Waals surface area contributed by atoms with Gasteiger partial charge in [0.1, 0.15) is 5.56 Å². The van der Waals surface area contributed by atoms with E-state index in [2.05, 4.69) is 28.8 Å². The highest BCUT2D eigenvalue weighted by molar-refractivity contribution is 5.97. The third kappa shape index (κ3) is 3.20. The molecule has 0 saturated carbocycles. The van der Waals surface area contributed by atoms with Crippen molar-refractivity contribution in [3.8, 4) is 5.69 Å². The van der Waals surface area contributed by atoms with E-state index < -0.39 is 5.97 Å². The van der Waals surface area contributed by atoms with E-state index >= 15 is 0 Å². The van der Waals surface area contributed by atoms with Crippen molar-refractivity contribution in [1.82, 2.24) is 19.2 Å². The summed E-state index contributed by atoms with van der Waals surface area (Å²) in [4.78, 5) is 31.8. The molecule has 0 N–H and O–H groups in total. The zero-order valence-electron chi connectivity index (χ0n) is 17.2. The van der Waals surface area contributed by atoms with Crippen LogP contribution in [0.25, 0.3) is 22.2 Å². The molecule has 8 heteroatoms. The molecule has 0 aliphatic rings. The average Bonchev–Trinajstić information content (AvgIpc) is 3.20. The quantitative estimate of drug-likeness (QED) is 0.459. The second kappa shape index (κ2) is 7.98. The van der Waals surface area contributed by atoms with Crippen LogP contribution in [0, 0.1) is 0 Å². The van der Waals surface area contributed by atoms with Crippen LogP contribution in [0.3, 0.4) is 0 Å². The zero-order chi connectivity index (χ0) is 21.3. The predicted molar refractivity (Wildman–Crippen MR) is 116 cm³/mol. The second-order valence-electron chi connectivity index (χ2n) is 6.75. The molecule has 0 fully saturated rings. The summed E-state index contributed by atoms with van der Waals surface area (Å²) in [7, 11) is 0. The Bertz CT molecular complexity index is 1270. The molecule has 4 rings (SSSR count). The molecule has 1 aromatic carbocycles. The number of aromatic nitrogens is 4. The van der Waals surface area contributed by atoms with Gasteiger partial charge < -0.3 is 9.64 Å². The number of pyridine rings is 1. The summed E-state index contributed by atoms with van der Waals surface area (Å²) in [5.41, 5.74) is 2.90.